The number of ether oxygens (including phenoxy) is 1. The van der Waals surface area contributed by atoms with Crippen LogP contribution >= 0.6 is 11.3 Å². The van der Waals surface area contributed by atoms with Gasteiger partial charge in [-0.15, -0.1) is 11.3 Å². The van der Waals surface area contributed by atoms with E-state index in [1.54, 1.807) is 54.0 Å². The number of furan rings is 1. The van der Waals surface area contributed by atoms with Gasteiger partial charge >= 0.3 is 0 Å². The van der Waals surface area contributed by atoms with E-state index >= 15 is 0 Å². The molecule has 0 aliphatic carbocycles. The molecule has 2 heterocycles. The van der Waals surface area contributed by atoms with Gasteiger partial charge in [0.1, 0.15) is 16.4 Å². The number of para-hydroxylation sites is 1. The first-order valence-corrected chi connectivity index (χ1v) is 10.1. The van der Waals surface area contributed by atoms with Crippen LogP contribution in [-0.4, -0.2) is 26.4 Å². The number of methoxy groups -OCH3 is 1. The van der Waals surface area contributed by atoms with Crippen molar-refractivity contribution in [2.24, 2.45) is 0 Å². The number of nitrogens with zero attached hydrogens (tertiary/aromatic N) is 1. The van der Waals surface area contributed by atoms with E-state index in [9.17, 15) is 8.42 Å². The fraction of sp³-hybridized carbons (Fsp3) is 0.222. The van der Waals surface area contributed by atoms with Gasteiger partial charge in [0, 0.05) is 11.4 Å². The number of rotatable bonds is 8. The molecule has 0 aliphatic heterocycles. The Morgan fingerprint density at radius 2 is 1.96 bits per heavy atom. The molecule has 0 unspecified atom stereocenters. The third-order valence-electron chi connectivity index (χ3n) is 3.79. The zero-order chi connectivity index (χ0) is 17.7. The molecular weight excluding hydrogens is 358 g/mol. The summed E-state index contributed by atoms with van der Waals surface area (Å²) < 4.78 is 38.4. The van der Waals surface area contributed by atoms with Gasteiger partial charge in [0.2, 0.25) is 10.0 Å². The lowest BCUT2D eigenvalue weighted by atomic mass is 10.3. The summed E-state index contributed by atoms with van der Waals surface area (Å²) in [5, 5.41) is 1.99. The highest BCUT2D eigenvalue weighted by Gasteiger charge is 2.28. The Morgan fingerprint density at radius 1 is 1.12 bits per heavy atom. The highest BCUT2D eigenvalue weighted by molar-refractivity contribution is 7.89. The van der Waals surface area contributed by atoms with Crippen LogP contribution in [0.25, 0.3) is 0 Å². The van der Waals surface area contributed by atoms with E-state index in [0.29, 0.717) is 24.5 Å². The van der Waals surface area contributed by atoms with Crippen LogP contribution in [-0.2, 0) is 23.0 Å². The molecule has 0 N–H and O–H groups in total. The predicted octanol–water partition coefficient (Wildman–Crippen LogP) is 3.78. The summed E-state index contributed by atoms with van der Waals surface area (Å²) in [7, 11) is -2.25. The monoisotopic (exact) mass is 377 g/mol. The molecular formula is C18H19NO4S2. The second-order valence-electron chi connectivity index (χ2n) is 5.40. The van der Waals surface area contributed by atoms with Gasteiger partial charge in [-0.1, -0.05) is 18.2 Å². The minimum absolute atomic E-state index is 0.162. The number of hydrogen-bond donors (Lipinski definition) is 0. The fourth-order valence-corrected chi connectivity index (χ4v) is 4.78. The summed E-state index contributed by atoms with van der Waals surface area (Å²) in [5.41, 5.74) is 0. The largest absolute Gasteiger partial charge is 0.495 e. The smallest absolute Gasteiger partial charge is 0.247 e. The highest BCUT2D eigenvalue weighted by atomic mass is 32.2. The molecule has 0 atom stereocenters. The van der Waals surface area contributed by atoms with E-state index in [-0.39, 0.29) is 11.4 Å². The summed E-state index contributed by atoms with van der Waals surface area (Å²) in [5.74, 6) is 0.938. The zero-order valence-electron chi connectivity index (χ0n) is 13.8. The lowest BCUT2D eigenvalue weighted by Gasteiger charge is -2.22. The molecule has 0 bridgehead atoms. The minimum Gasteiger partial charge on any atom is -0.495 e. The van der Waals surface area contributed by atoms with Gasteiger partial charge < -0.3 is 9.15 Å². The first kappa shape index (κ1) is 17.7. The molecule has 25 heavy (non-hydrogen) atoms. The lowest BCUT2D eigenvalue weighted by Crippen LogP contribution is -2.32. The Bertz CT molecular complexity index is 887. The quantitative estimate of drug-likeness (QED) is 0.599. The fourth-order valence-electron chi connectivity index (χ4n) is 2.52. The second kappa shape index (κ2) is 7.86. The van der Waals surface area contributed by atoms with Gasteiger partial charge in [-0.3, -0.25) is 0 Å². The summed E-state index contributed by atoms with van der Waals surface area (Å²) >= 11 is 1.62. The van der Waals surface area contributed by atoms with Gasteiger partial charge in [0.25, 0.3) is 0 Å². The van der Waals surface area contributed by atoms with Crippen LogP contribution in [0.4, 0.5) is 0 Å². The van der Waals surface area contributed by atoms with E-state index < -0.39 is 10.0 Å². The molecule has 3 rings (SSSR count). The van der Waals surface area contributed by atoms with Crippen molar-refractivity contribution in [1.82, 2.24) is 4.31 Å². The summed E-state index contributed by atoms with van der Waals surface area (Å²) in [4.78, 5) is 1.30. The Labute approximate surface area is 151 Å². The van der Waals surface area contributed by atoms with Crippen LogP contribution in [0.2, 0.25) is 0 Å². The van der Waals surface area contributed by atoms with Crippen molar-refractivity contribution in [3.05, 3.63) is 70.8 Å². The van der Waals surface area contributed by atoms with Crippen molar-refractivity contribution in [2.75, 3.05) is 13.7 Å². The van der Waals surface area contributed by atoms with Gasteiger partial charge in [-0.2, -0.15) is 4.31 Å². The summed E-state index contributed by atoms with van der Waals surface area (Å²) in [6.07, 6.45) is 2.19. The summed E-state index contributed by atoms with van der Waals surface area (Å²) in [6.45, 7) is 0.542. The molecule has 5 nitrogen and oxygen atoms in total. The van der Waals surface area contributed by atoms with Crippen LogP contribution in [0.5, 0.6) is 5.75 Å². The van der Waals surface area contributed by atoms with Gasteiger partial charge in [-0.25, -0.2) is 8.42 Å². The maximum atomic E-state index is 13.2. The average molecular weight is 377 g/mol. The Kier molecular flexibility index (Phi) is 5.57. The number of thiophene rings is 1. The molecule has 3 aromatic rings. The Morgan fingerprint density at radius 3 is 2.64 bits per heavy atom. The molecule has 0 spiro atoms. The van der Waals surface area contributed by atoms with Gasteiger partial charge in [0.15, 0.2) is 0 Å². The molecule has 132 valence electrons. The third-order valence-corrected chi connectivity index (χ3v) is 6.61. The van der Waals surface area contributed by atoms with Crippen molar-refractivity contribution in [1.29, 1.82) is 0 Å². The number of hydrogen-bond acceptors (Lipinski definition) is 5. The van der Waals surface area contributed by atoms with Gasteiger partial charge in [0.05, 0.1) is 19.9 Å². The van der Waals surface area contributed by atoms with Crippen molar-refractivity contribution in [3.8, 4) is 5.75 Å². The maximum Gasteiger partial charge on any atom is 0.247 e. The van der Waals surface area contributed by atoms with Crippen molar-refractivity contribution >= 4 is 21.4 Å². The zero-order valence-corrected chi connectivity index (χ0v) is 15.4. The lowest BCUT2D eigenvalue weighted by molar-refractivity contribution is 0.360. The first-order valence-electron chi connectivity index (χ1n) is 7.79. The predicted molar refractivity (Wildman–Crippen MR) is 97.3 cm³/mol. The normalized spacial score (nSPS) is 11.8. The van der Waals surface area contributed by atoms with Crippen LogP contribution in [0.15, 0.2) is 69.5 Å². The van der Waals surface area contributed by atoms with Crippen LogP contribution in [0.3, 0.4) is 0 Å². The topological polar surface area (TPSA) is 59.8 Å². The summed E-state index contributed by atoms with van der Waals surface area (Å²) in [6, 6.07) is 14.2. The molecule has 0 fully saturated rings. The molecule has 0 radical (unpaired) electrons. The molecule has 1 aromatic carbocycles. The van der Waals surface area contributed by atoms with E-state index in [4.69, 9.17) is 9.15 Å². The molecule has 0 saturated heterocycles. The third kappa shape index (κ3) is 4.12. The highest BCUT2D eigenvalue weighted by Crippen LogP contribution is 2.27. The SMILES string of the molecule is COc1ccccc1S(=O)(=O)N(CCc1cccs1)Cc1ccco1. The first-order chi connectivity index (χ1) is 12.1. The van der Waals surface area contributed by atoms with Crippen LogP contribution in [0.1, 0.15) is 10.6 Å². The molecule has 0 aliphatic rings. The van der Waals surface area contributed by atoms with Gasteiger partial charge in [-0.05, 0) is 42.1 Å². The molecule has 7 heteroatoms. The second-order valence-corrected chi connectivity index (χ2v) is 8.34. The van der Waals surface area contributed by atoms with Crippen molar-refractivity contribution < 1.29 is 17.6 Å². The molecule has 0 amide bonds. The molecule has 2 aromatic heterocycles. The Hall–Kier alpha value is -2.09. The van der Waals surface area contributed by atoms with E-state index in [1.165, 1.54) is 11.4 Å². The van der Waals surface area contributed by atoms with Crippen LogP contribution in [0, 0.1) is 0 Å². The van der Waals surface area contributed by atoms with E-state index in [0.717, 1.165) is 4.88 Å². The average Bonchev–Trinajstić information content (AvgIpc) is 3.32. The van der Waals surface area contributed by atoms with E-state index in [2.05, 4.69) is 0 Å². The van der Waals surface area contributed by atoms with Crippen molar-refractivity contribution in [2.45, 2.75) is 17.9 Å². The van der Waals surface area contributed by atoms with E-state index in [1.807, 2.05) is 17.5 Å². The standard InChI is InChI=1S/C18H19NO4S2/c1-22-17-8-2-3-9-18(17)25(20,21)19(14-15-6-4-12-23-15)11-10-16-7-5-13-24-16/h2-9,12-13H,10-11,14H2,1H3. The maximum absolute atomic E-state index is 13.2. The van der Waals surface area contributed by atoms with Crippen LogP contribution < -0.4 is 4.74 Å². The van der Waals surface area contributed by atoms with Crippen molar-refractivity contribution in [3.63, 3.8) is 0 Å². The minimum atomic E-state index is -3.72. The number of sulfonamides is 1. The molecule has 0 saturated carbocycles. The number of benzene rings is 1. The Balaban J connectivity index is 1.91.